The molecule has 0 heterocycles. The first-order valence-corrected chi connectivity index (χ1v) is 29.7. The average Bonchev–Trinajstić information content (AvgIpc) is 1.61. The number of fused-ring (bicyclic) bond motifs is 4. The second-order valence-electron chi connectivity index (χ2n) is 22.4. The average molecular weight is 1100 g/mol. The summed E-state index contributed by atoms with van der Waals surface area (Å²) in [5.74, 6) is 0. The Morgan fingerprint density at radius 3 is 1.08 bits per heavy atom. The van der Waals surface area contributed by atoms with Crippen molar-refractivity contribution < 1.29 is 0 Å². The molecule has 0 atom stereocenters. The Hall–Kier alpha value is -11.1. The third-order valence-corrected chi connectivity index (χ3v) is 17.5. The minimum absolute atomic E-state index is 0.533. The predicted octanol–water partition coefficient (Wildman–Crippen LogP) is 22.8. The van der Waals surface area contributed by atoms with Crippen LogP contribution in [0.15, 0.2) is 346 Å². The lowest BCUT2D eigenvalue weighted by atomic mass is 9.67. The van der Waals surface area contributed by atoms with Gasteiger partial charge in [0, 0.05) is 34.1 Å². The summed E-state index contributed by atoms with van der Waals surface area (Å²) in [4.78, 5) is 4.76. The molecule has 14 aromatic rings. The van der Waals surface area contributed by atoms with Crippen LogP contribution in [0, 0.1) is 6.92 Å². The number of hydrogen-bond acceptors (Lipinski definition) is 2. The molecule has 0 unspecified atom stereocenters. The number of anilines is 6. The Morgan fingerprint density at radius 2 is 0.593 bits per heavy atom. The molecule has 0 bridgehead atoms. The Kier molecular flexibility index (Phi) is 13.4. The van der Waals surface area contributed by atoms with Crippen LogP contribution in [0.5, 0.6) is 0 Å². The van der Waals surface area contributed by atoms with Crippen LogP contribution in [0.4, 0.5) is 34.1 Å². The first-order chi connectivity index (χ1) is 42.6. The number of nitrogens with zero attached hydrogens (tertiary/aromatic N) is 2. The standard InChI is InChI=1S/C84H60N2/c1-59-23-22-38-81-83(59)76-54-53-75(56-82(76)84(81,68-30-12-4-13-31-68)69-32-14-5-15-33-69)86(71-36-18-7-19-37-71)74-51-45-65(46-52-74)80-58-77(62-25-8-2-9-26-62)79(57-78(80)63-27-10-3-11-28-63)64-43-49-73(50-44-64)85(70-34-16-6-17-35-70)72-47-41-61(42-48-72)67-40-39-60-24-20-21-29-66(60)55-67/h2-58H,1H3. The van der Waals surface area contributed by atoms with E-state index in [0.717, 1.165) is 61.9 Å². The van der Waals surface area contributed by atoms with Crippen molar-refractivity contribution in [1.82, 2.24) is 0 Å². The summed E-state index contributed by atoms with van der Waals surface area (Å²) >= 11 is 0. The lowest BCUT2D eigenvalue weighted by molar-refractivity contribution is 0.768. The first kappa shape index (κ1) is 51.8. The fraction of sp³-hybridized carbons (Fsp3) is 0.0238. The molecule has 2 nitrogen and oxygen atoms in total. The Labute approximate surface area is 504 Å². The second-order valence-corrected chi connectivity index (χ2v) is 22.4. The van der Waals surface area contributed by atoms with Gasteiger partial charge in [-0.05, 0) is 203 Å². The normalized spacial score (nSPS) is 12.1. The molecule has 2 heteroatoms. The smallest absolute Gasteiger partial charge is 0.0714 e. The molecule has 0 aromatic heterocycles. The Morgan fingerprint density at radius 1 is 0.221 bits per heavy atom. The van der Waals surface area contributed by atoms with Crippen LogP contribution in [-0.4, -0.2) is 0 Å². The SMILES string of the molecule is Cc1cccc2c1-c1ccc(N(c3ccccc3)c3ccc(-c4cc(-c5ccccc5)c(-c5ccc(N(c6ccccc6)c6ccc(-c7ccc8ccccc8c7)cc6)cc5)cc4-c4ccccc4)cc3)cc1C2(c1ccccc1)c1ccccc1. The van der Waals surface area contributed by atoms with Gasteiger partial charge in [-0.2, -0.15) is 0 Å². The highest BCUT2D eigenvalue weighted by molar-refractivity contribution is 5.97. The molecule has 14 aromatic carbocycles. The number of hydrogen-bond donors (Lipinski definition) is 0. The first-order valence-electron chi connectivity index (χ1n) is 29.7. The molecule has 0 aliphatic heterocycles. The van der Waals surface area contributed by atoms with E-state index in [0.29, 0.717) is 0 Å². The maximum absolute atomic E-state index is 2.46. The van der Waals surface area contributed by atoms with Gasteiger partial charge >= 0.3 is 0 Å². The summed E-state index contributed by atoms with van der Waals surface area (Å²) in [6.45, 7) is 2.26. The van der Waals surface area contributed by atoms with Gasteiger partial charge in [0.05, 0.1) is 5.41 Å². The van der Waals surface area contributed by atoms with Crippen LogP contribution >= 0.6 is 0 Å². The zero-order chi connectivity index (χ0) is 57.4. The predicted molar refractivity (Wildman–Crippen MR) is 363 cm³/mol. The van der Waals surface area contributed by atoms with Gasteiger partial charge in [0.2, 0.25) is 0 Å². The number of rotatable bonds is 13. The maximum atomic E-state index is 2.46. The van der Waals surface area contributed by atoms with Gasteiger partial charge in [0.25, 0.3) is 0 Å². The van der Waals surface area contributed by atoms with E-state index in [9.17, 15) is 0 Å². The zero-order valence-corrected chi connectivity index (χ0v) is 47.8. The highest BCUT2D eigenvalue weighted by Gasteiger charge is 2.47. The van der Waals surface area contributed by atoms with E-state index in [1.165, 1.54) is 77.5 Å². The van der Waals surface area contributed by atoms with Crippen LogP contribution in [0.2, 0.25) is 0 Å². The highest BCUT2D eigenvalue weighted by Crippen LogP contribution is 2.58. The van der Waals surface area contributed by atoms with Crippen molar-refractivity contribution in [2.45, 2.75) is 12.3 Å². The second kappa shape index (κ2) is 22.3. The fourth-order valence-electron chi connectivity index (χ4n) is 13.4. The molecule has 1 aliphatic rings. The highest BCUT2D eigenvalue weighted by atomic mass is 15.1. The number of para-hydroxylation sites is 2. The van der Waals surface area contributed by atoms with E-state index in [1.54, 1.807) is 0 Å². The molecule has 86 heavy (non-hydrogen) atoms. The molecule has 0 fully saturated rings. The topological polar surface area (TPSA) is 6.48 Å². The molecule has 0 spiro atoms. The Bertz CT molecular complexity index is 4660. The summed E-state index contributed by atoms with van der Waals surface area (Å²) in [6, 6.07) is 127. The van der Waals surface area contributed by atoms with Crippen LogP contribution in [-0.2, 0) is 5.41 Å². The summed E-state index contributed by atoms with van der Waals surface area (Å²) in [6.07, 6.45) is 0. The van der Waals surface area contributed by atoms with Crippen LogP contribution < -0.4 is 9.80 Å². The maximum Gasteiger partial charge on any atom is 0.0714 e. The van der Waals surface area contributed by atoms with E-state index in [2.05, 4.69) is 363 Å². The van der Waals surface area contributed by atoms with E-state index in [-0.39, 0.29) is 0 Å². The van der Waals surface area contributed by atoms with Crippen LogP contribution in [0.25, 0.3) is 77.5 Å². The van der Waals surface area contributed by atoms with E-state index < -0.39 is 5.41 Å². The quantitative estimate of drug-likeness (QED) is 0.114. The third-order valence-electron chi connectivity index (χ3n) is 17.5. The van der Waals surface area contributed by atoms with Crippen molar-refractivity contribution in [3.8, 4) is 66.8 Å². The molecular formula is C84H60N2. The zero-order valence-electron chi connectivity index (χ0n) is 47.8. The molecule has 0 saturated carbocycles. The lowest BCUT2D eigenvalue weighted by Gasteiger charge is -2.35. The third kappa shape index (κ3) is 9.26. The van der Waals surface area contributed by atoms with Gasteiger partial charge in [0.1, 0.15) is 0 Å². The largest absolute Gasteiger partial charge is 0.311 e. The van der Waals surface area contributed by atoms with E-state index >= 15 is 0 Å². The van der Waals surface area contributed by atoms with Gasteiger partial charge in [-0.25, -0.2) is 0 Å². The van der Waals surface area contributed by atoms with Crippen molar-refractivity contribution >= 4 is 44.9 Å². The Balaban J connectivity index is 0.832. The number of benzene rings is 14. The van der Waals surface area contributed by atoms with Gasteiger partial charge < -0.3 is 9.80 Å². The number of aryl methyl sites for hydroxylation is 1. The summed E-state index contributed by atoms with van der Waals surface area (Å²) < 4.78 is 0. The van der Waals surface area contributed by atoms with Crippen molar-refractivity contribution in [2.24, 2.45) is 0 Å². The summed E-state index contributed by atoms with van der Waals surface area (Å²) in [7, 11) is 0. The van der Waals surface area contributed by atoms with Gasteiger partial charge in [-0.1, -0.05) is 255 Å². The molecule has 406 valence electrons. The molecule has 0 amide bonds. The molecule has 0 radical (unpaired) electrons. The van der Waals surface area contributed by atoms with Gasteiger partial charge in [0.15, 0.2) is 0 Å². The van der Waals surface area contributed by atoms with E-state index in [1.807, 2.05) is 0 Å². The lowest BCUT2D eigenvalue weighted by Crippen LogP contribution is -2.28. The molecule has 0 saturated heterocycles. The summed E-state index contributed by atoms with van der Waals surface area (Å²) in [5, 5.41) is 2.49. The van der Waals surface area contributed by atoms with Crippen LogP contribution in [0.3, 0.4) is 0 Å². The van der Waals surface area contributed by atoms with Crippen molar-refractivity contribution in [2.75, 3.05) is 9.80 Å². The monoisotopic (exact) mass is 1100 g/mol. The molecule has 0 N–H and O–H groups in total. The molecule has 1 aliphatic carbocycles. The van der Waals surface area contributed by atoms with Gasteiger partial charge in [-0.3, -0.25) is 0 Å². The molecular weight excluding hydrogens is 1040 g/mol. The van der Waals surface area contributed by atoms with Crippen LogP contribution in [0.1, 0.15) is 27.8 Å². The minimum Gasteiger partial charge on any atom is -0.311 e. The summed E-state index contributed by atoms with van der Waals surface area (Å²) in [5.41, 5.74) is 26.6. The van der Waals surface area contributed by atoms with Gasteiger partial charge in [-0.15, -0.1) is 0 Å². The van der Waals surface area contributed by atoms with Crippen molar-refractivity contribution in [3.05, 3.63) is 374 Å². The van der Waals surface area contributed by atoms with Crippen molar-refractivity contribution in [3.63, 3.8) is 0 Å². The molecule has 15 rings (SSSR count). The van der Waals surface area contributed by atoms with E-state index in [4.69, 9.17) is 0 Å². The minimum atomic E-state index is -0.533. The van der Waals surface area contributed by atoms with Crippen molar-refractivity contribution in [1.29, 1.82) is 0 Å². The fourth-order valence-corrected chi connectivity index (χ4v) is 13.4.